The zero-order valence-electron chi connectivity index (χ0n) is 15.8. The molecule has 0 bridgehead atoms. The maximum Gasteiger partial charge on any atom is 0.251 e. The molecule has 142 valence electrons. The molecule has 1 fully saturated rings. The van der Waals surface area contributed by atoms with Gasteiger partial charge in [-0.2, -0.15) is 0 Å². The van der Waals surface area contributed by atoms with Crippen LogP contribution in [0.15, 0.2) is 48.5 Å². The fourth-order valence-electron chi connectivity index (χ4n) is 3.37. The molecule has 0 saturated heterocycles. The van der Waals surface area contributed by atoms with E-state index < -0.39 is 0 Å². The van der Waals surface area contributed by atoms with E-state index in [0.717, 1.165) is 29.8 Å². The van der Waals surface area contributed by atoms with E-state index >= 15 is 0 Å². The fourth-order valence-corrected chi connectivity index (χ4v) is 3.37. The zero-order valence-corrected chi connectivity index (χ0v) is 15.8. The Morgan fingerprint density at radius 3 is 2.41 bits per heavy atom. The van der Waals surface area contributed by atoms with Crippen LogP contribution >= 0.6 is 0 Å². The first-order valence-corrected chi connectivity index (χ1v) is 9.61. The van der Waals surface area contributed by atoms with Crippen molar-refractivity contribution in [3.05, 3.63) is 59.7 Å². The molecule has 0 atom stereocenters. The number of rotatable bonds is 6. The Morgan fingerprint density at radius 1 is 0.963 bits per heavy atom. The summed E-state index contributed by atoms with van der Waals surface area (Å²) in [6, 6.07) is 15.2. The van der Waals surface area contributed by atoms with Crippen LogP contribution in [0.4, 0.5) is 11.4 Å². The number of nitrogens with one attached hydrogen (secondary N) is 3. The minimum absolute atomic E-state index is 0.0226. The first kappa shape index (κ1) is 19.0. The van der Waals surface area contributed by atoms with Crippen LogP contribution in [0.3, 0.4) is 0 Å². The molecular formula is C22H27N3O2. The monoisotopic (exact) mass is 365 g/mol. The molecule has 0 radical (unpaired) electrons. The van der Waals surface area contributed by atoms with Crippen molar-refractivity contribution >= 4 is 23.2 Å². The SMILES string of the molecule is Cc1cccc(NC(=O)CNc2ccc(C(=O)NC3CCCCC3)cc2)c1. The molecule has 3 N–H and O–H groups in total. The van der Waals surface area contributed by atoms with Gasteiger partial charge in [0.05, 0.1) is 6.54 Å². The van der Waals surface area contributed by atoms with Gasteiger partial charge in [0.15, 0.2) is 0 Å². The molecule has 5 heteroatoms. The van der Waals surface area contributed by atoms with Gasteiger partial charge in [0.2, 0.25) is 5.91 Å². The first-order valence-electron chi connectivity index (χ1n) is 9.61. The van der Waals surface area contributed by atoms with Gasteiger partial charge in [-0.15, -0.1) is 0 Å². The lowest BCUT2D eigenvalue weighted by atomic mass is 9.95. The predicted molar refractivity (Wildman–Crippen MR) is 109 cm³/mol. The minimum Gasteiger partial charge on any atom is -0.376 e. The number of carbonyl (C=O) groups is 2. The maximum atomic E-state index is 12.3. The van der Waals surface area contributed by atoms with E-state index in [2.05, 4.69) is 16.0 Å². The van der Waals surface area contributed by atoms with Crippen molar-refractivity contribution in [2.75, 3.05) is 17.2 Å². The maximum absolute atomic E-state index is 12.3. The number of benzene rings is 2. The summed E-state index contributed by atoms with van der Waals surface area (Å²) in [6.07, 6.45) is 5.80. The van der Waals surface area contributed by atoms with Crippen LogP contribution in [-0.2, 0) is 4.79 Å². The molecule has 2 aromatic carbocycles. The van der Waals surface area contributed by atoms with Crippen LogP contribution in [0.5, 0.6) is 0 Å². The highest BCUT2D eigenvalue weighted by atomic mass is 16.2. The molecule has 1 aliphatic carbocycles. The summed E-state index contributed by atoms with van der Waals surface area (Å²) in [5.74, 6) is -0.134. The Morgan fingerprint density at radius 2 is 1.70 bits per heavy atom. The van der Waals surface area contributed by atoms with Crippen molar-refractivity contribution in [2.24, 2.45) is 0 Å². The second-order valence-corrected chi connectivity index (χ2v) is 7.16. The number of hydrogen-bond acceptors (Lipinski definition) is 3. The third-order valence-corrected chi connectivity index (χ3v) is 4.84. The molecule has 2 amide bonds. The van der Waals surface area contributed by atoms with E-state index in [0.29, 0.717) is 11.6 Å². The zero-order chi connectivity index (χ0) is 19.1. The van der Waals surface area contributed by atoms with Gasteiger partial charge >= 0.3 is 0 Å². The second-order valence-electron chi connectivity index (χ2n) is 7.16. The highest BCUT2D eigenvalue weighted by Crippen LogP contribution is 2.18. The molecule has 1 aliphatic rings. The molecular weight excluding hydrogens is 338 g/mol. The molecule has 0 spiro atoms. The normalized spacial score (nSPS) is 14.4. The van der Waals surface area contributed by atoms with Gasteiger partial charge in [0.25, 0.3) is 5.91 Å². The molecule has 1 saturated carbocycles. The largest absolute Gasteiger partial charge is 0.376 e. The van der Waals surface area contributed by atoms with E-state index in [1.54, 1.807) is 12.1 Å². The average Bonchev–Trinajstić information content (AvgIpc) is 2.67. The van der Waals surface area contributed by atoms with E-state index in [1.807, 2.05) is 43.3 Å². The smallest absolute Gasteiger partial charge is 0.251 e. The van der Waals surface area contributed by atoms with Crippen molar-refractivity contribution < 1.29 is 9.59 Å². The number of amides is 2. The number of aryl methyl sites for hydroxylation is 1. The van der Waals surface area contributed by atoms with E-state index in [9.17, 15) is 9.59 Å². The molecule has 3 rings (SSSR count). The van der Waals surface area contributed by atoms with Crippen LogP contribution in [0.25, 0.3) is 0 Å². The van der Waals surface area contributed by atoms with Gasteiger partial charge in [-0.05, 0) is 61.7 Å². The van der Waals surface area contributed by atoms with E-state index in [1.165, 1.54) is 19.3 Å². The van der Waals surface area contributed by atoms with Gasteiger partial charge in [-0.25, -0.2) is 0 Å². The lowest BCUT2D eigenvalue weighted by Gasteiger charge is -2.22. The van der Waals surface area contributed by atoms with Crippen LogP contribution in [0.2, 0.25) is 0 Å². The van der Waals surface area contributed by atoms with Gasteiger partial charge in [0, 0.05) is 23.0 Å². The predicted octanol–water partition coefficient (Wildman–Crippen LogP) is 4.11. The lowest BCUT2D eigenvalue weighted by Crippen LogP contribution is -2.36. The second kappa shape index (κ2) is 9.21. The van der Waals surface area contributed by atoms with Crippen LogP contribution in [-0.4, -0.2) is 24.4 Å². The van der Waals surface area contributed by atoms with Crippen LogP contribution in [0.1, 0.15) is 48.0 Å². The molecule has 0 aromatic heterocycles. The van der Waals surface area contributed by atoms with E-state index in [-0.39, 0.29) is 18.4 Å². The first-order chi connectivity index (χ1) is 13.1. The van der Waals surface area contributed by atoms with Crippen molar-refractivity contribution in [3.8, 4) is 0 Å². The molecule has 0 heterocycles. The highest BCUT2D eigenvalue weighted by Gasteiger charge is 2.16. The van der Waals surface area contributed by atoms with Gasteiger partial charge < -0.3 is 16.0 Å². The van der Waals surface area contributed by atoms with Crippen molar-refractivity contribution in [2.45, 2.75) is 45.1 Å². The summed E-state index contributed by atoms with van der Waals surface area (Å²) < 4.78 is 0. The topological polar surface area (TPSA) is 70.2 Å². The summed E-state index contributed by atoms with van der Waals surface area (Å²) in [6.45, 7) is 2.15. The molecule has 0 unspecified atom stereocenters. The third-order valence-electron chi connectivity index (χ3n) is 4.84. The van der Waals surface area contributed by atoms with E-state index in [4.69, 9.17) is 0 Å². The quantitative estimate of drug-likeness (QED) is 0.721. The van der Waals surface area contributed by atoms with Gasteiger partial charge in [-0.3, -0.25) is 9.59 Å². The molecule has 2 aromatic rings. The minimum atomic E-state index is -0.111. The lowest BCUT2D eigenvalue weighted by molar-refractivity contribution is -0.114. The summed E-state index contributed by atoms with van der Waals surface area (Å²) >= 11 is 0. The Hall–Kier alpha value is -2.82. The number of carbonyl (C=O) groups excluding carboxylic acids is 2. The summed E-state index contributed by atoms with van der Waals surface area (Å²) in [4.78, 5) is 24.4. The van der Waals surface area contributed by atoms with Crippen molar-refractivity contribution in [3.63, 3.8) is 0 Å². The molecule has 0 aliphatic heterocycles. The van der Waals surface area contributed by atoms with Gasteiger partial charge in [-0.1, -0.05) is 31.4 Å². The molecule has 27 heavy (non-hydrogen) atoms. The van der Waals surface area contributed by atoms with Gasteiger partial charge in [0.1, 0.15) is 0 Å². The summed E-state index contributed by atoms with van der Waals surface area (Å²) in [5, 5.41) is 9.06. The van der Waals surface area contributed by atoms with Crippen molar-refractivity contribution in [1.82, 2.24) is 5.32 Å². The Labute approximate surface area is 160 Å². The van der Waals surface area contributed by atoms with Crippen molar-refractivity contribution in [1.29, 1.82) is 0 Å². The third kappa shape index (κ3) is 5.84. The summed E-state index contributed by atoms with van der Waals surface area (Å²) in [7, 11) is 0. The summed E-state index contributed by atoms with van der Waals surface area (Å²) in [5.41, 5.74) is 3.35. The molecule has 5 nitrogen and oxygen atoms in total. The fraction of sp³-hybridized carbons (Fsp3) is 0.364. The Balaban J connectivity index is 1.47. The standard InChI is InChI=1S/C22H27N3O2/c1-16-6-5-9-20(14-16)24-21(26)15-23-18-12-10-17(11-13-18)22(27)25-19-7-3-2-4-8-19/h5-6,9-14,19,23H,2-4,7-8,15H2,1H3,(H,24,26)(H,25,27). The highest BCUT2D eigenvalue weighted by molar-refractivity contribution is 5.95. The Kier molecular flexibility index (Phi) is 6.47. The number of anilines is 2. The van der Waals surface area contributed by atoms with Crippen LogP contribution in [0, 0.1) is 6.92 Å². The van der Waals surface area contributed by atoms with Crippen LogP contribution < -0.4 is 16.0 Å². The Bertz CT molecular complexity index is 780. The number of hydrogen-bond donors (Lipinski definition) is 3. The average molecular weight is 365 g/mol.